The van der Waals surface area contributed by atoms with Crippen molar-refractivity contribution in [2.24, 2.45) is 0 Å². The summed E-state index contributed by atoms with van der Waals surface area (Å²) in [6, 6.07) is 1.47. The average molecular weight is 287 g/mol. The molecule has 8 heteroatoms. The van der Waals surface area contributed by atoms with Crippen LogP contribution in [0.25, 0.3) is 0 Å². The van der Waals surface area contributed by atoms with Gasteiger partial charge in [0.1, 0.15) is 4.21 Å². The number of aryl methyl sites for hydroxylation is 1. The molecule has 2 rings (SSSR count). The molecule has 0 amide bonds. The first-order chi connectivity index (χ1) is 8.53. The summed E-state index contributed by atoms with van der Waals surface area (Å²) in [7, 11) is -3.53. The number of sulfonamides is 1. The monoisotopic (exact) mass is 287 g/mol. The Kier molecular flexibility index (Phi) is 3.81. The van der Waals surface area contributed by atoms with Gasteiger partial charge in [0.25, 0.3) is 0 Å². The number of nitrogens with zero attached hydrogens (tertiary/aromatic N) is 1. The summed E-state index contributed by atoms with van der Waals surface area (Å²) < 4.78 is 26.6. The number of aliphatic hydroxyl groups excluding tert-OH is 1. The highest BCUT2D eigenvalue weighted by Gasteiger charge is 2.17. The third-order valence-electron chi connectivity index (χ3n) is 2.46. The van der Waals surface area contributed by atoms with E-state index < -0.39 is 10.0 Å². The second-order valence-electron chi connectivity index (χ2n) is 3.78. The van der Waals surface area contributed by atoms with E-state index in [2.05, 4.69) is 14.9 Å². The van der Waals surface area contributed by atoms with Gasteiger partial charge in [0.15, 0.2) is 0 Å². The summed E-state index contributed by atoms with van der Waals surface area (Å²) in [5.41, 5.74) is 2.23. The summed E-state index contributed by atoms with van der Waals surface area (Å²) in [4.78, 5) is 0. The van der Waals surface area contributed by atoms with Crippen LogP contribution in [-0.2, 0) is 23.2 Å². The number of rotatable bonds is 5. The fourth-order valence-corrected chi connectivity index (χ4v) is 3.63. The van der Waals surface area contributed by atoms with Crippen molar-refractivity contribution < 1.29 is 13.5 Å². The third-order valence-corrected chi connectivity index (χ3v) is 5.35. The van der Waals surface area contributed by atoms with Gasteiger partial charge in [0.05, 0.1) is 12.8 Å². The number of nitrogens with one attached hydrogen (secondary N) is 2. The standard InChI is InChI=1S/C10H13N3O3S2/c1-7-9(3-11-13-7)4-12-18(15,16)10-2-8(5-14)6-17-10/h2-3,6,12,14H,4-5H2,1H3,(H,11,13). The molecule has 0 fully saturated rings. The van der Waals surface area contributed by atoms with Crippen LogP contribution in [0.4, 0.5) is 0 Å². The Morgan fingerprint density at radius 3 is 2.89 bits per heavy atom. The van der Waals surface area contributed by atoms with E-state index in [0.29, 0.717) is 5.56 Å². The van der Waals surface area contributed by atoms with E-state index in [-0.39, 0.29) is 17.4 Å². The molecule has 2 aromatic rings. The van der Waals surface area contributed by atoms with Gasteiger partial charge >= 0.3 is 0 Å². The van der Waals surface area contributed by atoms with Crippen LogP contribution in [0.3, 0.4) is 0 Å². The van der Waals surface area contributed by atoms with E-state index in [4.69, 9.17) is 5.11 Å². The SMILES string of the molecule is Cc1[nH]ncc1CNS(=O)(=O)c1cc(CO)cs1. The topological polar surface area (TPSA) is 95.1 Å². The quantitative estimate of drug-likeness (QED) is 0.756. The van der Waals surface area contributed by atoms with Crippen molar-refractivity contribution in [3.8, 4) is 0 Å². The van der Waals surface area contributed by atoms with E-state index in [0.717, 1.165) is 22.6 Å². The van der Waals surface area contributed by atoms with Crippen LogP contribution in [0, 0.1) is 6.92 Å². The maximum atomic E-state index is 12.0. The summed E-state index contributed by atoms with van der Waals surface area (Å²) in [6.45, 7) is 1.86. The molecule has 3 N–H and O–H groups in total. The molecule has 6 nitrogen and oxygen atoms in total. The lowest BCUT2D eigenvalue weighted by molar-refractivity contribution is 0.282. The maximum Gasteiger partial charge on any atom is 0.250 e. The fourth-order valence-electron chi connectivity index (χ4n) is 1.37. The van der Waals surface area contributed by atoms with Crippen LogP contribution in [-0.4, -0.2) is 23.7 Å². The zero-order valence-electron chi connectivity index (χ0n) is 9.67. The van der Waals surface area contributed by atoms with Crippen molar-refractivity contribution in [2.75, 3.05) is 0 Å². The number of aromatic nitrogens is 2. The summed E-state index contributed by atoms with van der Waals surface area (Å²) in [6.07, 6.45) is 1.59. The van der Waals surface area contributed by atoms with Crippen molar-refractivity contribution in [3.05, 3.63) is 34.5 Å². The van der Waals surface area contributed by atoms with Crippen molar-refractivity contribution in [2.45, 2.75) is 24.3 Å². The first-order valence-electron chi connectivity index (χ1n) is 5.19. The number of hydrogen-bond acceptors (Lipinski definition) is 5. The first-order valence-corrected chi connectivity index (χ1v) is 7.56. The molecule has 18 heavy (non-hydrogen) atoms. The molecule has 0 atom stereocenters. The molecule has 0 bridgehead atoms. The average Bonchev–Trinajstić information content (AvgIpc) is 2.95. The van der Waals surface area contributed by atoms with Crippen molar-refractivity contribution >= 4 is 21.4 Å². The van der Waals surface area contributed by atoms with E-state index in [1.54, 1.807) is 11.6 Å². The van der Waals surface area contributed by atoms with Gasteiger partial charge in [-0.1, -0.05) is 0 Å². The Morgan fingerprint density at radius 1 is 1.56 bits per heavy atom. The molecule has 0 aliphatic rings. The van der Waals surface area contributed by atoms with Crippen molar-refractivity contribution in [1.82, 2.24) is 14.9 Å². The molecule has 98 valence electrons. The summed E-state index contributed by atoms with van der Waals surface area (Å²) >= 11 is 1.09. The number of H-pyrrole nitrogens is 1. The van der Waals surface area contributed by atoms with Gasteiger partial charge in [-0.15, -0.1) is 11.3 Å². The highest BCUT2D eigenvalue weighted by molar-refractivity contribution is 7.91. The molecule has 0 saturated heterocycles. The predicted molar refractivity (Wildman–Crippen MR) is 67.6 cm³/mol. The van der Waals surface area contributed by atoms with Crippen LogP contribution in [0.2, 0.25) is 0 Å². The zero-order chi connectivity index (χ0) is 13.2. The van der Waals surface area contributed by atoms with Gasteiger partial charge in [-0.2, -0.15) is 5.10 Å². The highest BCUT2D eigenvalue weighted by Crippen LogP contribution is 2.20. The van der Waals surface area contributed by atoms with E-state index in [1.807, 2.05) is 6.92 Å². The molecular weight excluding hydrogens is 274 g/mol. The molecule has 2 heterocycles. The Bertz CT molecular complexity index is 630. The summed E-state index contributed by atoms with van der Waals surface area (Å²) in [5, 5.41) is 17.1. The van der Waals surface area contributed by atoms with E-state index in [1.165, 1.54) is 6.07 Å². The lowest BCUT2D eigenvalue weighted by atomic mass is 10.3. The van der Waals surface area contributed by atoms with Gasteiger partial charge in [-0.25, -0.2) is 13.1 Å². The molecule has 0 radical (unpaired) electrons. The van der Waals surface area contributed by atoms with Crippen LogP contribution in [0.1, 0.15) is 16.8 Å². The van der Waals surface area contributed by atoms with Gasteiger partial charge in [0.2, 0.25) is 10.0 Å². The molecule has 0 spiro atoms. The number of thiophene rings is 1. The number of aromatic amines is 1. The van der Waals surface area contributed by atoms with Gasteiger partial charge in [-0.05, 0) is 23.9 Å². The minimum atomic E-state index is -3.53. The van der Waals surface area contributed by atoms with Crippen molar-refractivity contribution in [1.29, 1.82) is 0 Å². The van der Waals surface area contributed by atoms with Gasteiger partial charge in [0, 0.05) is 17.8 Å². The first kappa shape index (κ1) is 13.2. The number of aliphatic hydroxyl groups is 1. The normalized spacial score (nSPS) is 11.9. The fraction of sp³-hybridized carbons (Fsp3) is 0.300. The third kappa shape index (κ3) is 2.78. The molecule has 0 aliphatic carbocycles. The Balaban J connectivity index is 2.10. The minimum Gasteiger partial charge on any atom is -0.392 e. The molecule has 0 saturated carbocycles. The van der Waals surface area contributed by atoms with Crippen LogP contribution in [0.15, 0.2) is 21.9 Å². The Morgan fingerprint density at radius 2 is 2.33 bits per heavy atom. The predicted octanol–water partition coefficient (Wildman–Crippen LogP) is 0.750. The van der Waals surface area contributed by atoms with Gasteiger partial charge in [-0.3, -0.25) is 5.10 Å². The Labute approximate surface area is 109 Å². The van der Waals surface area contributed by atoms with Crippen LogP contribution >= 0.6 is 11.3 Å². The highest BCUT2D eigenvalue weighted by atomic mass is 32.2. The second-order valence-corrected chi connectivity index (χ2v) is 6.68. The molecule has 0 unspecified atom stereocenters. The number of hydrogen-bond donors (Lipinski definition) is 3. The lowest BCUT2D eigenvalue weighted by Gasteiger charge is -2.03. The second kappa shape index (κ2) is 5.19. The smallest absolute Gasteiger partial charge is 0.250 e. The maximum absolute atomic E-state index is 12.0. The largest absolute Gasteiger partial charge is 0.392 e. The Hall–Kier alpha value is -1.22. The lowest BCUT2D eigenvalue weighted by Crippen LogP contribution is -2.22. The van der Waals surface area contributed by atoms with Gasteiger partial charge < -0.3 is 5.11 Å². The van der Waals surface area contributed by atoms with Crippen LogP contribution in [0.5, 0.6) is 0 Å². The minimum absolute atomic E-state index is 0.160. The van der Waals surface area contributed by atoms with E-state index in [9.17, 15) is 8.42 Å². The molecule has 2 aromatic heterocycles. The van der Waals surface area contributed by atoms with Crippen molar-refractivity contribution in [3.63, 3.8) is 0 Å². The van der Waals surface area contributed by atoms with E-state index >= 15 is 0 Å². The molecular formula is C10H13N3O3S2. The van der Waals surface area contributed by atoms with Crippen LogP contribution < -0.4 is 4.72 Å². The zero-order valence-corrected chi connectivity index (χ0v) is 11.3. The molecule has 0 aliphatic heterocycles. The summed E-state index contributed by atoms with van der Waals surface area (Å²) in [5.74, 6) is 0. The molecule has 0 aromatic carbocycles.